The Bertz CT molecular complexity index is 615. The van der Waals surface area contributed by atoms with Crippen molar-refractivity contribution >= 4 is 39.9 Å². The predicted octanol–water partition coefficient (Wildman–Crippen LogP) is 2.84. The Kier molecular flexibility index (Phi) is 7.84. The first-order valence-corrected chi connectivity index (χ1v) is 9.47. The number of nitrogens with zero attached hydrogens (tertiary/aromatic N) is 1. The van der Waals surface area contributed by atoms with Crippen LogP contribution in [0.25, 0.3) is 0 Å². The molecule has 2 aromatic rings. The lowest BCUT2D eigenvalue weighted by atomic mass is 10.0. The van der Waals surface area contributed by atoms with Crippen LogP contribution < -0.4 is 10.6 Å². The van der Waals surface area contributed by atoms with Gasteiger partial charge in [0.05, 0.1) is 9.49 Å². The minimum Gasteiger partial charge on any atom is -0.396 e. The van der Waals surface area contributed by atoms with Crippen molar-refractivity contribution in [1.82, 2.24) is 10.6 Å². The van der Waals surface area contributed by atoms with Gasteiger partial charge in [-0.15, -0.1) is 11.3 Å². The molecular weight excluding hydrogens is 421 g/mol. The van der Waals surface area contributed by atoms with Crippen molar-refractivity contribution in [3.63, 3.8) is 0 Å². The number of rotatable bonds is 7. The molecule has 0 saturated carbocycles. The molecule has 3 N–H and O–H groups in total. The molecule has 0 aliphatic heterocycles. The third kappa shape index (κ3) is 6.12. The predicted molar refractivity (Wildman–Crippen MR) is 106 cm³/mol. The summed E-state index contributed by atoms with van der Waals surface area (Å²) in [5.41, 5.74) is 1.13. The summed E-state index contributed by atoms with van der Waals surface area (Å²) in [5, 5.41) is 16.2. The molecule has 124 valence electrons. The van der Waals surface area contributed by atoms with Gasteiger partial charge in [-0.3, -0.25) is 4.99 Å². The smallest absolute Gasteiger partial charge is 0.191 e. The molecule has 0 fully saturated rings. The van der Waals surface area contributed by atoms with Crippen LogP contribution in [-0.2, 0) is 6.42 Å². The van der Waals surface area contributed by atoms with Gasteiger partial charge in [-0.1, -0.05) is 30.3 Å². The number of hydrogen-bond donors (Lipinski definition) is 3. The van der Waals surface area contributed by atoms with E-state index in [9.17, 15) is 5.11 Å². The van der Waals surface area contributed by atoms with E-state index in [1.807, 2.05) is 41.7 Å². The van der Waals surface area contributed by atoms with Crippen molar-refractivity contribution in [2.24, 2.45) is 4.99 Å². The number of nitrogens with one attached hydrogen (secondary N) is 2. The average molecular weight is 443 g/mol. The fourth-order valence-corrected chi connectivity index (χ4v) is 4.00. The van der Waals surface area contributed by atoms with Crippen molar-refractivity contribution in [3.8, 4) is 0 Å². The molecule has 6 heteroatoms. The first-order chi connectivity index (χ1) is 11.2. The monoisotopic (exact) mass is 443 g/mol. The van der Waals surface area contributed by atoms with Gasteiger partial charge in [0.15, 0.2) is 5.96 Å². The third-order valence-corrected chi connectivity index (χ3v) is 5.48. The summed E-state index contributed by atoms with van der Waals surface area (Å²) in [6, 6.07) is 14.4. The Labute approximate surface area is 155 Å². The van der Waals surface area contributed by atoms with Crippen LogP contribution in [-0.4, -0.2) is 37.8 Å². The van der Waals surface area contributed by atoms with Crippen LogP contribution in [0.1, 0.15) is 16.4 Å². The molecule has 1 atom stereocenters. The Balaban J connectivity index is 1.78. The first kappa shape index (κ1) is 18.2. The van der Waals surface area contributed by atoms with Gasteiger partial charge >= 0.3 is 0 Å². The second-order valence-corrected chi connectivity index (χ2v) is 8.19. The maximum absolute atomic E-state index is 9.59. The van der Waals surface area contributed by atoms with Crippen LogP contribution >= 0.6 is 33.9 Å². The molecule has 0 spiro atoms. The van der Waals surface area contributed by atoms with Crippen LogP contribution in [0.4, 0.5) is 0 Å². The minimum atomic E-state index is 0.0635. The summed E-state index contributed by atoms with van der Waals surface area (Å²) in [4.78, 5) is 5.61. The van der Waals surface area contributed by atoms with Gasteiger partial charge in [-0.2, -0.15) is 0 Å². The van der Waals surface area contributed by atoms with E-state index in [1.54, 1.807) is 7.05 Å². The SMILES string of the molecule is CN=C(NCCc1ccc(I)s1)NCC(CO)c1ccccc1. The normalized spacial score (nSPS) is 12.9. The van der Waals surface area contributed by atoms with Gasteiger partial charge in [0, 0.05) is 30.9 Å². The van der Waals surface area contributed by atoms with Crippen LogP contribution in [0.3, 0.4) is 0 Å². The second kappa shape index (κ2) is 9.89. The lowest BCUT2D eigenvalue weighted by Crippen LogP contribution is -2.40. The summed E-state index contributed by atoms with van der Waals surface area (Å²) in [6.45, 7) is 1.60. The third-order valence-electron chi connectivity index (χ3n) is 3.52. The number of thiophene rings is 1. The van der Waals surface area contributed by atoms with E-state index in [0.717, 1.165) is 24.5 Å². The summed E-state index contributed by atoms with van der Waals surface area (Å²) < 4.78 is 1.31. The van der Waals surface area contributed by atoms with Gasteiger partial charge in [-0.25, -0.2) is 0 Å². The van der Waals surface area contributed by atoms with Crippen molar-refractivity contribution in [2.75, 3.05) is 26.7 Å². The molecule has 1 aromatic heterocycles. The molecule has 0 saturated heterocycles. The van der Waals surface area contributed by atoms with Crippen molar-refractivity contribution in [2.45, 2.75) is 12.3 Å². The van der Waals surface area contributed by atoms with E-state index in [4.69, 9.17) is 0 Å². The van der Waals surface area contributed by atoms with Crippen molar-refractivity contribution in [3.05, 3.63) is 55.8 Å². The maximum Gasteiger partial charge on any atom is 0.191 e. The summed E-state index contributed by atoms with van der Waals surface area (Å²) in [7, 11) is 1.76. The molecule has 23 heavy (non-hydrogen) atoms. The zero-order chi connectivity index (χ0) is 16.5. The van der Waals surface area contributed by atoms with Crippen molar-refractivity contribution in [1.29, 1.82) is 0 Å². The van der Waals surface area contributed by atoms with E-state index in [1.165, 1.54) is 7.76 Å². The molecule has 0 aliphatic rings. The standard InChI is InChI=1S/C17H22IN3OS/c1-19-17(20-10-9-15-7-8-16(18)23-15)21-11-14(12-22)13-5-3-2-4-6-13/h2-8,14,22H,9-12H2,1H3,(H2,19,20,21). The summed E-state index contributed by atoms with van der Waals surface area (Å²) in [6.07, 6.45) is 0.983. The van der Waals surface area contributed by atoms with Gasteiger partial charge in [-0.05, 0) is 46.7 Å². The van der Waals surface area contributed by atoms with Crippen LogP contribution in [0.15, 0.2) is 47.5 Å². The fourth-order valence-electron chi connectivity index (χ4n) is 2.24. The number of halogens is 1. The molecule has 4 nitrogen and oxygen atoms in total. The highest BCUT2D eigenvalue weighted by Crippen LogP contribution is 2.18. The summed E-state index contributed by atoms with van der Waals surface area (Å²) in [5.74, 6) is 0.833. The van der Waals surface area contributed by atoms with E-state index >= 15 is 0 Å². The quantitative estimate of drug-likeness (QED) is 0.351. The van der Waals surface area contributed by atoms with Gasteiger partial charge in [0.25, 0.3) is 0 Å². The molecule has 1 aromatic carbocycles. The van der Waals surface area contributed by atoms with Crippen LogP contribution in [0.5, 0.6) is 0 Å². The molecule has 0 radical (unpaired) electrons. The lowest BCUT2D eigenvalue weighted by Gasteiger charge is -2.18. The minimum absolute atomic E-state index is 0.0635. The van der Waals surface area contributed by atoms with E-state index in [0.29, 0.717) is 6.54 Å². The van der Waals surface area contributed by atoms with Crippen molar-refractivity contribution < 1.29 is 5.11 Å². The summed E-state index contributed by atoms with van der Waals surface area (Å²) >= 11 is 4.16. The fraction of sp³-hybridized carbons (Fsp3) is 0.353. The largest absolute Gasteiger partial charge is 0.396 e. The molecular formula is C17H22IN3OS. The van der Waals surface area contributed by atoms with Crippen LogP contribution in [0, 0.1) is 2.88 Å². The number of aliphatic hydroxyl groups is 1. The van der Waals surface area contributed by atoms with E-state index in [2.05, 4.69) is 50.3 Å². The Morgan fingerprint density at radius 3 is 2.61 bits per heavy atom. The molecule has 1 heterocycles. The molecule has 0 bridgehead atoms. The highest BCUT2D eigenvalue weighted by atomic mass is 127. The first-order valence-electron chi connectivity index (χ1n) is 7.57. The molecule has 0 aliphatic carbocycles. The van der Waals surface area contributed by atoms with E-state index in [-0.39, 0.29) is 12.5 Å². The number of guanidine groups is 1. The van der Waals surface area contributed by atoms with Gasteiger partial charge < -0.3 is 15.7 Å². The zero-order valence-electron chi connectivity index (χ0n) is 13.1. The number of hydrogen-bond acceptors (Lipinski definition) is 3. The maximum atomic E-state index is 9.59. The second-order valence-electron chi connectivity index (χ2n) is 5.13. The van der Waals surface area contributed by atoms with E-state index < -0.39 is 0 Å². The molecule has 2 rings (SSSR count). The number of benzene rings is 1. The Morgan fingerprint density at radius 2 is 2.00 bits per heavy atom. The van der Waals surface area contributed by atoms with Gasteiger partial charge in [0.1, 0.15) is 0 Å². The molecule has 1 unspecified atom stereocenters. The number of aliphatic imine (C=N–C) groups is 1. The molecule has 0 amide bonds. The Hall–Kier alpha value is -1.12. The van der Waals surface area contributed by atoms with Gasteiger partial charge in [0.2, 0.25) is 0 Å². The topological polar surface area (TPSA) is 56.7 Å². The highest BCUT2D eigenvalue weighted by Gasteiger charge is 2.10. The highest BCUT2D eigenvalue weighted by molar-refractivity contribution is 14.1. The number of aliphatic hydroxyl groups excluding tert-OH is 1. The average Bonchev–Trinajstić information content (AvgIpc) is 3.00. The lowest BCUT2D eigenvalue weighted by molar-refractivity contribution is 0.265. The van der Waals surface area contributed by atoms with Crippen LogP contribution in [0.2, 0.25) is 0 Å². The zero-order valence-corrected chi connectivity index (χ0v) is 16.1. The Morgan fingerprint density at radius 1 is 1.22 bits per heavy atom.